The van der Waals surface area contributed by atoms with Gasteiger partial charge in [0.05, 0.1) is 13.0 Å². The van der Waals surface area contributed by atoms with Crippen LogP contribution in [0, 0.1) is 5.92 Å². The van der Waals surface area contributed by atoms with Crippen LogP contribution in [0.3, 0.4) is 0 Å². The first-order valence-electron chi connectivity index (χ1n) is 7.25. The molecule has 1 amide bonds. The number of benzene rings is 1. The van der Waals surface area contributed by atoms with E-state index in [4.69, 9.17) is 4.74 Å². The summed E-state index contributed by atoms with van der Waals surface area (Å²) in [6.07, 6.45) is 2.58. The summed E-state index contributed by atoms with van der Waals surface area (Å²) in [6, 6.07) is 5.82. The molecule has 1 aliphatic heterocycles. The van der Waals surface area contributed by atoms with E-state index in [1.165, 1.54) is 24.2 Å². The highest BCUT2D eigenvalue weighted by atomic mass is 19.1. The Balaban J connectivity index is 1.95. The average molecular weight is 317 g/mol. The standard InChI is InChI=1S/C17H16FNO4/c1-23-14-7-6-11(18)8-13(14)15(17(21)22)19-9-10-4-2-3-5-12(10)16(19)20/h2-7,13,15H,8-9H2,1H3,(H,21,22). The second-order valence-electron chi connectivity index (χ2n) is 5.57. The topological polar surface area (TPSA) is 66.8 Å². The van der Waals surface area contributed by atoms with E-state index in [2.05, 4.69) is 0 Å². The number of nitrogens with zero attached hydrogens (tertiary/aromatic N) is 1. The molecule has 1 aromatic carbocycles. The minimum atomic E-state index is -1.18. The predicted molar refractivity (Wildman–Crippen MR) is 80.1 cm³/mol. The summed E-state index contributed by atoms with van der Waals surface area (Å²) in [7, 11) is 1.41. The van der Waals surface area contributed by atoms with Crippen LogP contribution in [-0.4, -0.2) is 35.0 Å². The van der Waals surface area contributed by atoms with Crippen LogP contribution in [0.15, 0.2) is 48.0 Å². The van der Waals surface area contributed by atoms with Crippen LogP contribution in [0.25, 0.3) is 0 Å². The van der Waals surface area contributed by atoms with Crippen LogP contribution in [0.4, 0.5) is 4.39 Å². The van der Waals surface area contributed by atoms with Crippen molar-refractivity contribution in [3.8, 4) is 0 Å². The molecule has 1 aliphatic carbocycles. The number of methoxy groups -OCH3 is 1. The van der Waals surface area contributed by atoms with Crippen LogP contribution >= 0.6 is 0 Å². The summed E-state index contributed by atoms with van der Waals surface area (Å²) >= 11 is 0. The molecule has 5 nitrogen and oxygen atoms in total. The Morgan fingerprint density at radius 2 is 2.13 bits per heavy atom. The molecule has 0 spiro atoms. The van der Waals surface area contributed by atoms with Gasteiger partial charge in [-0.25, -0.2) is 9.18 Å². The molecule has 2 atom stereocenters. The van der Waals surface area contributed by atoms with Gasteiger partial charge in [-0.2, -0.15) is 0 Å². The number of hydrogen-bond donors (Lipinski definition) is 1. The number of halogens is 1. The zero-order valence-electron chi connectivity index (χ0n) is 12.5. The third-order valence-electron chi connectivity index (χ3n) is 4.26. The fourth-order valence-electron chi connectivity index (χ4n) is 3.19. The molecule has 0 fully saturated rings. The number of allylic oxidation sites excluding steroid dienone is 3. The van der Waals surface area contributed by atoms with Crippen molar-refractivity contribution in [2.45, 2.75) is 19.0 Å². The minimum Gasteiger partial charge on any atom is -0.501 e. The van der Waals surface area contributed by atoms with Gasteiger partial charge in [0.1, 0.15) is 17.6 Å². The minimum absolute atomic E-state index is 0.100. The van der Waals surface area contributed by atoms with Crippen molar-refractivity contribution in [1.29, 1.82) is 0 Å². The number of carbonyl (C=O) groups is 2. The van der Waals surface area contributed by atoms with Crippen molar-refractivity contribution in [3.05, 3.63) is 59.1 Å². The number of rotatable bonds is 4. The van der Waals surface area contributed by atoms with Crippen LogP contribution in [0.2, 0.25) is 0 Å². The molecule has 2 aliphatic rings. The molecular formula is C17H16FNO4. The lowest BCUT2D eigenvalue weighted by molar-refractivity contribution is -0.144. The molecule has 1 N–H and O–H groups in total. The Morgan fingerprint density at radius 1 is 1.39 bits per heavy atom. The van der Waals surface area contributed by atoms with Gasteiger partial charge in [-0.1, -0.05) is 18.2 Å². The first-order chi connectivity index (χ1) is 11.0. The van der Waals surface area contributed by atoms with Gasteiger partial charge in [0.25, 0.3) is 5.91 Å². The highest BCUT2D eigenvalue weighted by Crippen LogP contribution is 2.35. The maximum atomic E-state index is 13.7. The second kappa shape index (κ2) is 5.87. The number of amides is 1. The maximum Gasteiger partial charge on any atom is 0.327 e. The number of carboxylic acid groups (broad SMARTS) is 1. The summed E-state index contributed by atoms with van der Waals surface area (Å²) in [6.45, 7) is 0.199. The molecule has 120 valence electrons. The van der Waals surface area contributed by atoms with Crippen LogP contribution in [0.5, 0.6) is 0 Å². The van der Waals surface area contributed by atoms with Gasteiger partial charge in [-0.15, -0.1) is 0 Å². The number of fused-ring (bicyclic) bond motifs is 1. The molecular weight excluding hydrogens is 301 g/mol. The predicted octanol–water partition coefficient (Wildman–Crippen LogP) is 2.50. The van der Waals surface area contributed by atoms with E-state index in [1.54, 1.807) is 24.3 Å². The molecule has 0 saturated heterocycles. The summed E-state index contributed by atoms with van der Waals surface area (Å²) < 4.78 is 18.9. The molecule has 0 bridgehead atoms. The third kappa shape index (κ3) is 2.60. The monoisotopic (exact) mass is 317 g/mol. The van der Waals surface area contributed by atoms with Crippen LogP contribution < -0.4 is 0 Å². The lowest BCUT2D eigenvalue weighted by atomic mass is 9.89. The Bertz CT molecular complexity index is 725. The van der Waals surface area contributed by atoms with Crippen LogP contribution in [-0.2, 0) is 16.1 Å². The van der Waals surface area contributed by atoms with E-state index in [9.17, 15) is 19.1 Å². The quantitative estimate of drug-likeness (QED) is 0.926. The molecule has 1 aromatic rings. The Hall–Kier alpha value is -2.63. The second-order valence-corrected chi connectivity index (χ2v) is 5.57. The SMILES string of the molecule is COC1=CC=C(F)CC1C(C(=O)O)N1Cc2ccccc2C1=O. The fourth-order valence-corrected chi connectivity index (χ4v) is 3.19. The van der Waals surface area contributed by atoms with Gasteiger partial charge in [-0.05, 0) is 23.8 Å². The van der Waals surface area contributed by atoms with Crippen molar-refractivity contribution < 1.29 is 23.8 Å². The molecule has 6 heteroatoms. The zero-order chi connectivity index (χ0) is 16.6. The summed E-state index contributed by atoms with van der Waals surface area (Å²) in [5, 5.41) is 9.66. The van der Waals surface area contributed by atoms with Gasteiger partial charge < -0.3 is 14.7 Å². The summed E-state index contributed by atoms with van der Waals surface area (Å²) in [5.74, 6) is -2.33. The van der Waals surface area contributed by atoms with E-state index in [1.807, 2.05) is 0 Å². The molecule has 1 heterocycles. The Labute approximate surface area is 132 Å². The average Bonchev–Trinajstić information content (AvgIpc) is 2.85. The van der Waals surface area contributed by atoms with Crippen LogP contribution in [0.1, 0.15) is 22.3 Å². The van der Waals surface area contributed by atoms with Crippen molar-refractivity contribution in [3.63, 3.8) is 0 Å². The van der Waals surface area contributed by atoms with Gasteiger partial charge >= 0.3 is 5.97 Å². The lowest BCUT2D eigenvalue weighted by Crippen LogP contribution is -2.47. The number of aliphatic carboxylic acids is 1. The third-order valence-corrected chi connectivity index (χ3v) is 4.26. The highest BCUT2D eigenvalue weighted by Gasteiger charge is 2.43. The summed E-state index contributed by atoms with van der Waals surface area (Å²) in [5.41, 5.74) is 1.27. The molecule has 23 heavy (non-hydrogen) atoms. The van der Waals surface area contributed by atoms with Crippen molar-refractivity contribution >= 4 is 11.9 Å². The van der Waals surface area contributed by atoms with Crippen molar-refractivity contribution in [2.75, 3.05) is 7.11 Å². The normalized spacial score (nSPS) is 21.4. The van der Waals surface area contributed by atoms with E-state index >= 15 is 0 Å². The molecule has 0 saturated carbocycles. The first-order valence-corrected chi connectivity index (χ1v) is 7.25. The molecule has 0 aromatic heterocycles. The van der Waals surface area contributed by atoms with E-state index in [0.717, 1.165) is 5.56 Å². The number of carboxylic acids is 1. The molecule has 2 unspecified atom stereocenters. The van der Waals surface area contributed by atoms with E-state index < -0.39 is 23.8 Å². The molecule has 0 radical (unpaired) electrons. The van der Waals surface area contributed by atoms with Gasteiger partial charge in [0.2, 0.25) is 0 Å². The Kier molecular flexibility index (Phi) is 3.90. The summed E-state index contributed by atoms with van der Waals surface area (Å²) in [4.78, 5) is 25.7. The number of hydrogen-bond acceptors (Lipinski definition) is 3. The van der Waals surface area contributed by atoms with Crippen molar-refractivity contribution in [2.24, 2.45) is 5.92 Å². The van der Waals surface area contributed by atoms with Gasteiger partial charge in [0, 0.05) is 18.5 Å². The number of ether oxygens (including phenoxy) is 1. The zero-order valence-corrected chi connectivity index (χ0v) is 12.5. The van der Waals surface area contributed by atoms with E-state index in [-0.39, 0.29) is 18.9 Å². The molecule has 3 rings (SSSR count). The lowest BCUT2D eigenvalue weighted by Gasteiger charge is -2.33. The first kappa shape index (κ1) is 15.3. The highest BCUT2D eigenvalue weighted by molar-refractivity contribution is 6.00. The van der Waals surface area contributed by atoms with Crippen molar-refractivity contribution in [1.82, 2.24) is 4.90 Å². The van der Waals surface area contributed by atoms with E-state index in [0.29, 0.717) is 11.3 Å². The van der Waals surface area contributed by atoms with Gasteiger partial charge in [-0.3, -0.25) is 4.79 Å². The smallest absolute Gasteiger partial charge is 0.327 e. The van der Waals surface area contributed by atoms with Gasteiger partial charge in [0.15, 0.2) is 0 Å². The fraction of sp³-hybridized carbons (Fsp3) is 0.294. The maximum absolute atomic E-state index is 13.7. The number of carbonyl (C=O) groups excluding carboxylic acids is 1. The largest absolute Gasteiger partial charge is 0.501 e. The Morgan fingerprint density at radius 3 is 2.78 bits per heavy atom.